The Morgan fingerprint density at radius 1 is 1.40 bits per heavy atom. The molecule has 1 aliphatic heterocycles. The number of benzene rings is 1. The molecule has 0 saturated carbocycles. The van der Waals surface area contributed by atoms with E-state index in [1.807, 2.05) is 6.20 Å². The summed E-state index contributed by atoms with van der Waals surface area (Å²) in [5.41, 5.74) is 9.52. The highest BCUT2D eigenvalue weighted by Gasteiger charge is 2.17. The first kappa shape index (κ1) is 13.2. The van der Waals surface area contributed by atoms with Crippen LogP contribution >= 0.6 is 0 Å². The Labute approximate surface area is 119 Å². The minimum atomic E-state index is 0.527. The summed E-state index contributed by atoms with van der Waals surface area (Å²) in [4.78, 5) is 4.48. The van der Waals surface area contributed by atoms with Gasteiger partial charge in [-0.1, -0.05) is 19.1 Å². The van der Waals surface area contributed by atoms with Crippen LogP contribution in [0.25, 0.3) is 0 Å². The number of fused-ring (bicyclic) bond motifs is 1. The van der Waals surface area contributed by atoms with Crippen LogP contribution in [0, 0.1) is 0 Å². The van der Waals surface area contributed by atoms with Gasteiger partial charge in [-0.2, -0.15) is 0 Å². The zero-order chi connectivity index (χ0) is 13.9. The fourth-order valence-electron chi connectivity index (χ4n) is 2.85. The van der Waals surface area contributed by atoms with Crippen LogP contribution in [0.5, 0.6) is 5.75 Å². The van der Waals surface area contributed by atoms with Gasteiger partial charge >= 0.3 is 0 Å². The summed E-state index contributed by atoms with van der Waals surface area (Å²) >= 11 is 0. The number of aryl methyl sites for hydroxylation is 1. The Morgan fingerprint density at radius 3 is 3.10 bits per heavy atom. The molecule has 1 aliphatic rings. The summed E-state index contributed by atoms with van der Waals surface area (Å²) in [6.45, 7) is 4.51. The molecule has 2 heterocycles. The first-order valence-electron chi connectivity index (χ1n) is 7.29. The minimum absolute atomic E-state index is 0.527. The van der Waals surface area contributed by atoms with Gasteiger partial charge in [-0.25, -0.2) is 4.98 Å². The molecule has 0 saturated heterocycles. The second kappa shape index (κ2) is 5.67. The summed E-state index contributed by atoms with van der Waals surface area (Å²) in [6, 6.07) is 4.40. The highest BCUT2D eigenvalue weighted by Crippen LogP contribution is 2.31. The molecule has 2 N–H and O–H groups in total. The second-order valence-corrected chi connectivity index (χ2v) is 5.26. The number of imidazole rings is 1. The van der Waals surface area contributed by atoms with Crippen LogP contribution in [0.2, 0.25) is 0 Å². The molecule has 2 aromatic rings. The third kappa shape index (κ3) is 2.43. The van der Waals surface area contributed by atoms with Crippen molar-refractivity contribution in [2.45, 2.75) is 39.3 Å². The zero-order valence-electron chi connectivity index (χ0n) is 11.9. The molecule has 3 rings (SSSR count). The predicted molar refractivity (Wildman–Crippen MR) is 78.9 cm³/mol. The van der Waals surface area contributed by atoms with Crippen LogP contribution in [0.4, 0.5) is 0 Å². The molecule has 0 unspecified atom stereocenters. The van der Waals surface area contributed by atoms with Gasteiger partial charge in [0.1, 0.15) is 11.6 Å². The van der Waals surface area contributed by atoms with Gasteiger partial charge < -0.3 is 15.0 Å². The number of nitrogens with two attached hydrogens (primary N) is 1. The number of aromatic nitrogens is 2. The average molecular weight is 271 g/mol. The lowest BCUT2D eigenvalue weighted by Gasteiger charge is -2.11. The van der Waals surface area contributed by atoms with Crippen LogP contribution in [-0.4, -0.2) is 16.2 Å². The van der Waals surface area contributed by atoms with Gasteiger partial charge in [-0.05, 0) is 17.5 Å². The lowest BCUT2D eigenvalue weighted by Crippen LogP contribution is -2.05. The Balaban J connectivity index is 1.89. The molecule has 106 valence electrons. The van der Waals surface area contributed by atoms with E-state index in [1.54, 1.807) is 0 Å². The molecule has 0 aliphatic carbocycles. The van der Waals surface area contributed by atoms with E-state index in [9.17, 15) is 0 Å². The summed E-state index contributed by atoms with van der Waals surface area (Å²) in [5, 5.41) is 0. The summed E-state index contributed by atoms with van der Waals surface area (Å²) in [6.07, 6.45) is 6.90. The third-order valence-corrected chi connectivity index (χ3v) is 3.77. The number of rotatable bonds is 5. The van der Waals surface area contributed by atoms with Gasteiger partial charge in [0, 0.05) is 43.9 Å². The summed E-state index contributed by atoms with van der Waals surface area (Å²) < 4.78 is 7.90. The minimum Gasteiger partial charge on any atom is -0.493 e. The van der Waals surface area contributed by atoms with E-state index in [0.717, 1.165) is 49.6 Å². The molecule has 0 amide bonds. The molecule has 0 fully saturated rings. The van der Waals surface area contributed by atoms with Gasteiger partial charge in [-0.15, -0.1) is 0 Å². The van der Waals surface area contributed by atoms with Gasteiger partial charge in [0.05, 0.1) is 6.61 Å². The van der Waals surface area contributed by atoms with E-state index in [1.165, 1.54) is 11.1 Å². The molecular formula is C16H21N3O. The number of hydrogen-bond donors (Lipinski definition) is 1. The van der Waals surface area contributed by atoms with E-state index in [4.69, 9.17) is 10.5 Å². The molecule has 1 aromatic carbocycles. The number of ether oxygens (including phenoxy) is 1. The van der Waals surface area contributed by atoms with Crippen LogP contribution in [0.15, 0.2) is 24.5 Å². The van der Waals surface area contributed by atoms with Gasteiger partial charge in [0.2, 0.25) is 0 Å². The van der Waals surface area contributed by atoms with Crippen molar-refractivity contribution in [3.63, 3.8) is 0 Å². The summed E-state index contributed by atoms with van der Waals surface area (Å²) in [7, 11) is 0. The topological polar surface area (TPSA) is 53.1 Å². The largest absolute Gasteiger partial charge is 0.493 e. The zero-order valence-corrected chi connectivity index (χ0v) is 11.9. The molecule has 0 bridgehead atoms. The highest BCUT2D eigenvalue weighted by molar-refractivity contribution is 5.47. The van der Waals surface area contributed by atoms with Crippen LogP contribution in [0.3, 0.4) is 0 Å². The lowest BCUT2D eigenvalue weighted by atomic mass is 10.0. The van der Waals surface area contributed by atoms with Crippen LogP contribution < -0.4 is 10.5 Å². The van der Waals surface area contributed by atoms with E-state index in [2.05, 4.69) is 34.8 Å². The normalized spacial score (nSPS) is 13.3. The Morgan fingerprint density at radius 2 is 2.30 bits per heavy atom. The number of hydrogen-bond acceptors (Lipinski definition) is 3. The van der Waals surface area contributed by atoms with Crippen LogP contribution in [-0.2, 0) is 25.9 Å². The smallest absolute Gasteiger partial charge is 0.127 e. The average Bonchev–Trinajstić information content (AvgIpc) is 3.08. The first-order valence-corrected chi connectivity index (χ1v) is 7.29. The number of nitrogens with zero attached hydrogens (tertiary/aromatic N) is 2. The van der Waals surface area contributed by atoms with Crippen molar-refractivity contribution < 1.29 is 4.74 Å². The maximum atomic E-state index is 5.84. The Hall–Kier alpha value is -1.81. The van der Waals surface area contributed by atoms with Gasteiger partial charge in [0.25, 0.3) is 0 Å². The Bertz CT molecular complexity index is 604. The van der Waals surface area contributed by atoms with Crippen LogP contribution in [0.1, 0.15) is 35.9 Å². The first-order chi connectivity index (χ1) is 9.81. The van der Waals surface area contributed by atoms with Crippen molar-refractivity contribution in [3.05, 3.63) is 47.0 Å². The van der Waals surface area contributed by atoms with E-state index in [0.29, 0.717) is 6.54 Å². The van der Waals surface area contributed by atoms with E-state index < -0.39 is 0 Å². The van der Waals surface area contributed by atoms with Crippen molar-refractivity contribution in [1.29, 1.82) is 0 Å². The molecule has 0 radical (unpaired) electrons. The molecule has 4 heteroatoms. The predicted octanol–water partition coefficient (Wildman–Crippen LogP) is 2.28. The lowest BCUT2D eigenvalue weighted by molar-refractivity contribution is 0.353. The molecule has 4 nitrogen and oxygen atoms in total. The SMILES string of the molecule is CCCn1ccnc1Cc1cc(CN)c2c(c1)CCO2. The fourth-order valence-corrected chi connectivity index (χ4v) is 2.85. The van der Waals surface area contributed by atoms with Crippen molar-refractivity contribution in [3.8, 4) is 5.75 Å². The molecule has 0 spiro atoms. The Kier molecular flexibility index (Phi) is 3.74. The fraction of sp³-hybridized carbons (Fsp3) is 0.438. The standard InChI is InChI=1S/C16H21N3O/c1-2-5-19-6-4-18-15(19)10-12-8-13-3-7-20-16(13)14(9-12)11-17/h4,6,8-9H,2-3,5,7,10-11,17H2,1H3. The third-order valence-electron chi connectivity index (χ3n) is 3.77. The maximum absolute atomic E-state index is 5.84. The van der Waals surface area contributed by atoms with Gasteiger partial charge in [0.15, 0.2) is 0 Å². The van der Waals surface area contributed by atoms with E-state index >= 15 is 0 Å². The summed E-state index contributed by atoms with van der Waals surface area (Å²) in [5.74, 6) is 2.13. The molecule has 1 aromatic heterocycles. The quantitative estimate of drug-likeness (QED) is 0.907. The molecular weight excluding hydrogens is 250 g/mol. The molecule has 20 heavy (non-hydrogen) atoms. The van der Waals surface area contributed by atoms with E-state index in [-0.39, 0.29) is 0 Å². The van der Waals surface area contributed by atoms with Crippen molar-refractivity contribution in [2.75, 3.05) is 6.61 Å². The van der Waals surface area contributed by atoms with Crippen molar-refractivity contribution in [2.24, 2.45) is 5.73 Å². The maximum Gasteiger partial charge on any atom is 0.127 e. The second-order valence-electron chi connectivity index (χ2n) is 5.26. The highest BCUT2D eigenvalue weighted by atomic mass is 16.5. The molecule has 0 atom stereocenters. The van der Waals surface area contributed by atoms with Crippen molar-refractivity contribution in [1.82, 2.24) is 9.55 Å². The van der Waals surface area contributed by atoms with Crippen molar-refractivity contribution >= 4 is 0 Å². The van der Waals surface area contributed by atoms with Gasteiger partial charge in [-0.3, -0.25) is 0 Å². The monoisotopic (exact) mass is 271 g/mol.